The van der Waals surface area contributed by atoms with Crippen molar-refractivity contribution >= 4 is 16.8 Å². The van der Waals surface area contributed by atoms with Crippen LogP contribution in [0.15, 0.2) is 36.5 Å². The lowest BCUT2D eigenvalue weighted by molar-refractivity contribution is -0.121. The number of rotatable bonds is 6. The second kappa shape index (κ2) is 8.06. The fourth-order valence-electron chi connectivity index (χ4n) is 3.30. The fourth-order valence-corrected chi connectivity index (χ4v) is 3.30. The number of aromatic nitrogens is 1. The lowest BCUT2D eigenvalue weighted by Crippen LogP contribution is -2.30. The van der Waals surface area contributed by atoms with Crippen molar-refractivity contribution < 1.29 is 4.79 Å². The fraction of sp³-hybridized carbons (Fsp3) is 0.474. The van der Waals surface area contributed by atoms with Crippen LogP contribution in [-0.2, 0) is 11.2 Å². The predicted octanol–water partition coefficient (Wildman–Crippen LogP) is 2.67. The first-order valence-corrected chi connectivity index (χ1v) is 8.63. The average molecular weight is 311 g/mol. The van der Waals surface area contributed by atoms with E-state index in [1.54, 1.807) is 0 Å². The monoisotopic (exact) mass is 311 g/mol. The number of benzene rings is 1. The Morgan fingerprint density at radius 3 is 2.91 bits per heavy atom. The molecule has 1 aliphatic heterocycles. The summed E-state index contributed by atoms with van der Waals surface area (Å²) in [5.41, 5.74) is 2.24. The van der Waals surface area contributed by atoms with E-state index in [1.165, 1.54) is 18.4 Å². The molecule has 0 aliphatic carbocycles. The van der Waals surface area contributed by atoms with Gasteiger partial charge in [-0.3, -0.25) is 9.78 Å². The molecule has 2 heterocycles. The molecule has 1 amide bonds. The molecule has 23 heavy (non-hydrogen) atoms. The maximum absolute atomic E-state index is 12.0. The lowest BCUT2D eigenvalue weighted by Gasteiger charge is -2.22. The zero-order valence-electron chi connectivity index (χ0n) is 13.6. The molecular formula is C19H25N3O. The summed E-state index contributed by atoms with van der Waals surface area (Å²) < 4.78 is 0. The minimum Gasteiger partial charge on any atom is -0.356 e. The van der Waals surface area contributed by atoms with Gasteiger partial charge in [-0.25, -0.2) is 0 Å². The zero-order valence-corrected chi connectivity index (χ0v) is 13.6. The van der Waals surface area contributed by atoms with E-state index in [4.69, 9.17) is 0 Å². The molecule has 1 saturated heterocycles. The van der Waals surface area contributed by atoms with Crippen LogP contribution in [0.3, 0.4) is 0 Å². The third kappa shape index (κ3) is 4.52. The Labute approximate surface area is 137 Å². The predicted molar refractivity (Wildman–Crippen MR) is 93.3 cm³/mol. The quantitative estimate of drug-likeness (QED) is 0.862. The third-order valence-corrected chi connectivity index (χ3v) is 4.67. The number of carbonyl (C=O) groups is 1. The Balaban J connectivity index is 1.44. The van der Waals surface area contributed by atoms with Crippen molar-refractivity contribution in [1.29, 1.82) is 0 Å². The van der Waals surface area contributed by atoms with Crippen molar-refractivity contribution in [2.45, 2.75) is 32.1 Å². The number of piperidine rings is 1. The Kier molecular flexibility index (Phi) is 5.59. The second-order valence-corrected chi connectivity index (χ2v) is 6.32. The van der Waals surface area contributed by atoms with Gasteiger partial charge in [-0.1, -0.05) is 24.3 Å². The number of hydrogen-bond donors (Lipinski definition) is 2. The first-order valence-electron chi connectivity index (χ1n) is 8.63. The topological polar surface area (TPSA) is 54.0 Å². The Hall–Kier alpha value is -1.94. The van der Waals surface area contributed by atoms with Gasteiger partial charge in [0.25, 0.3) is 0 Å². The highest BCUT2D eigenvalue weighted by molar-refractivity contribution is 5.81. The van der Waals surface area contributed by atoms with E-state index in [-0.39, 0.29) is 5.91 Å². The van der Waals surface area contributed by atoms with E-state index < -0.39 is 0 Å². The van der Waals surface area contributed by atoms with E-state index in [0.717, 1.165) is 36.8 Å². The van der Waals surface area contributed by atoms with Gasteiger partial charge < -0.3 is 10.6 Å². The summed E-state index contributed by atoms with van der Waals surface area (Å²) >= 11 is 0. The van der Waals surface area contributed by atoms with Crippen LogP contribution in [0.2, 0.25) is 0 Å². The minimum atomic E-state index is 0.178. The van der Waals surface area contributed by atoms with Crippen molar-refractivity contribution in [3.8, 4) is 0 Å². The first kappa shape index (κ1) is 15.9. The number of para-hydroxylation sites is 1. The van der Waals surface area contributed by atoms with Crippen LogP contribution < -0.4 is 10.6 Å². The van der Waals surface area contributed by atoms with Crippen molar-refractivity contribution in [2.75, 3.05) is 19.6 Å². The standard InChI is InChI=1S/C19H25N3O/c23-18(7-6-15-8-12-20-13-9-15)21-14-10-17-4-1-3-16-5-2-11-22-19(16)17/h1-5,11,15,20H,6-10,12-14H2,(H,21,23). The van der Waals surface area contributed by atoms with Crippen molar-refractivity contribution in [2.24, 2.45) is 5.92 Å². The summed E-state index contributed by atoms with van der Waals surface area (Å²) in [6, 6.07) is 10.2. The molecule has 1 fully saturated rings. The summed E-state index contributed by atoms with van der Waals surface area (Å²) in [5, 5.41) is 7.57. The number of carbonyl (C=O) groups excluding carboxylic acids is 1. The van der Waals surface area contributed by atoms with Crippen LogP contribution in [0.4, 0.5) is 0 Å². The van der Waals surface area contributed by atoms with Gasteiger partial charge in [0.2, 0.25) is 5.91 Å². The van der Waals surface area contributed by atoms with Crippen molar-refractivity contribution in [3.63, 3.8) is 0 Å². The van der Waals surface area contributed by atoms with E-state index in [9.17, 15) is 4.79 Å². The van der Waals surface area contributed by atoms with Gasteiger partial charge in [0.05, 0.1) is 5.52 Å². The summed E-state index contributed by atoms with van der Waals surface area (Å²) in [4.78, 5) is 16.5. The normalized spacial score (nSPS) is 15.7. The Morgan fingerprint density at radius 1 is 1.22 bits per heavy atom. The van der Waals surface area contributed by atoms with Gasteiger partial charge in [0, 0.05) is 24.5 Å². The maximum Gasteiger partial charge on any atom is 0.220 e. The molecule has 122 valence electrons. The first-order chi connectivity index (χ1) is 11.3. The largest absolute Gasteiger partial charge is 0.356 e. The van der Waals surface area contributed by atoms with Gasteiger partial charge in [-0.15, -0.1) is 0 Å². The molecule has 0 atom stereocenters. The van der Waals surface area contributed by atoms with E-state index >= 15 is 0 Å². The molecular weight excluding hydrogens is 286 g/mol. The molecule has 2 N–H and O–H groups in total. The van der Waals surface area contributed by atoms with Crippen LogP contribution in [0, 0.1) is 5.92 Å². The molecule has 2 aromatic rings. The summed E-state index contributed by atoms with van der Waals surface area (Å²) in [7, 11) is 0. The molecule has 1 aromatic carbocycles. The van der Waals surface area contributed by atoms with Crippen LogP contribution in [0.1, 0.15) is 31.2 Å². The highest BCUT2D eigenvalue weighted by atomic mass is 16.1. The van der Waals surface area contributed by atoms with Gasteiger partial charge in [0.1, 0.15) is 0 Å². The Bertz CT molecular complexity index is 645. The SMILES string of the molecule is O=C(CCC1CCNCC1)NCCc1cccc2cccnc12. The van der Waals surface area contributed by atoms with Gasteiger partial charge >= 0.3 is 0 Å². The van der Waals surface area contributed by atoms with Crippen molar-refractivity contribution in [3.05, 3.63) is 42.1 Å². The van der Waals surface area contributed by atoms with Crippen LogP contribution in [0.25, 0.3) is 10.9 Å². The number of fused-ring (bicyclic) bond motifs is 1. The molecule has 4 nitrogen and oxygen atoms in total. The van der Waals surface area contributed by atoms with Gasteiger partial charge in [-0.2, -0.15) is 0 Å². The molecule has 4 heteroatoms. The molecule has 0 radical (unpaired) electrons. The number of amides is 1. The maximum atomic E-state index is 12.0. The Morgan fingerprint density at radius 2 is 2.04 bits per heavy atom. The number of hydrogen-bond acceptors (Lipinski definition) is 3. The lowest BCUT2D eigenvalue weighted by atomic mass is 9.93. The van der Waals surface area contributed by atoms with E-state index in [2.05, 4.69) is 39.9 Å². The molecule has 0 saturated carbocycles. The second-order valence-electron chi connectivity index (χ2n) is 6.32. The molecule has 0 bridgehead atoms. The third-order valence-electron chi connectivity index (χ3n) is 4.67. The summed E-state index contributed by atoms with van der Waals surface area (Å²) in [6.07, 6.45) is 6.72. The number of nitrogens with zero attached hydrogens (tertiary/aromatic N) is 1. The van der Waals surface area contributed by atoms with Gasteiger partial charge in [-0.05, 0) is 56.3 Å². The molecule has 3 rings (SSSR count). The van der Waals surface area contributed by atoms with E-state index in [0.29, 0.717) is 18.9 Å². The van der Waals surface area contributed by atoms with Gasteiger partial charge in [0.15, 0.2) is 0 Å². The minimum absolute atomic E-state index is 0.178. The molecule has 1 aliphatic rings. The van der Waals surface area contributed by atoms with E-state index in [1.807, 2.05) is 12.3 Å². The number of pyridine rings is 1. The van der Waals surface area contributed by atoms with Crippen LogP contribution in [-0.4, -0.2) is 30.5 Å². The summed E-state index contributed by atoms with van der Waals surface area (Å²) in [6.45, 7) is 2.88. The molecule has 0 unspecified atom stereocenters. The smallest absolute Gasteiger partial charge is 0.220 e. The zero-order chi connectivity index (χ0) is 15.9. The highest BCUT2D eigenvalue weighted by Crippen LogP contribution is 2.18. The number of nitrogens with one attached hydrogen (secondary N) is 2. The molecule has 1 aromatic heterocycles. The highest BCUT2D eigenvalue weighted by Gasteiger charge is 2.14. The molecule has 0 spiro atoms. The summed E-state index contributed by atoms with van der Waals surface area (Å²) in [5.74, 6) is 0.890. The van der Waals surface area contributed by atoms with Crippen LogP contribution in [0.5, 0.6) is 0 Å². The van der Waals surface area contributed by atoms with Crippen molar-refractivity contribution in [1.82, 2.24) is 15.6 Å². The average Bonchev–Trinajstić information content (AvgIpc) is 2.61. The van der Waals surface area contributed by atoms with Crippen LogP contribution >= 0.6 is 0 Å².